The third-order valence-electron chi connectivity index (χ3n) is 6.44. The van der Waals surface area contributed by atoms with Gasteiger partial charge in [0.25, 0.3) is 36.9 Å². The van der Waals surface area contributed by atoms with E-state index in [2.05, 4.69) is 28.4 Å². The van der Waals surface area contributed by atoms with Crippen LogP contribution in [0.3, 0.4) is 0 Å². The average molecular weight is 812 g/mol. The summed E-state index contributed by atoms with van der Waals surface area (Å²) in [7, 11) is 0. The standard InChI is InChI=1S/3C8H12O6.2Rh/c3*9-7(10)13-5-1-2-6(4-3-5)14-8(11)12;;/h3*5-6H,1-4H2,(H,9,10)(H,11,12);;/q;;;2*+3/p-6. The van der Waals surface area contributed by atoms with E-state index in [9.17, 15) is 59.4 Å². The molecule has 3 aliphatic carbocycles. The second-order valence-electron chi connectivity index (χ2n) is 9.40. The van der Waals surface area contributed by atoms with Crippen LogP contribution in [0, 0.1) is 0 Å². The molecule has 18 nitrogen and oxygen atoms in total. The van der Waals surface area contributed by atoms with Crippen LogP contribution in [0.1, 0.15) is 77.0 Å². The Morgan fingerprint density at radius 3 is 0.455 bits per heavy atom. The maximum absolute atomic E-state index is 10.1. The van der Waals surface area contributed by atoms with Gasteiger partial charge >= 0.3 is 39.0 Å². The van der Waals surface area contributed by atoms with E-state index in [0.29, 0.717) is 77.0 Å². The minimum atomic E-state index is -1.55. The van der Waals surface area contributed by atoms with Gasteiger partial charge in [-0.2, -0.15) is 0 Å². The molecule has 0 aromatic rings. The van der Waals surface area contributed by atoms with Crippen molar-refractivity contribution in [2.75, 3.05) is 0 Å². The number of rotatable bonds is 6. The smallest absolute Gasteiger partial charge is 0.546 e. The first-order chi connectivity index (χ1) is 19.7. The number of carbonyl (C=O) groups is 6. The predicted molar refractivity (Wildman–Crippen MR) is 117 cm³/mol. The van der Waals surface area contributed by atoms with Gasteiger partial charge in [-0.1, -0.05) is 0 Å². The summed E-state index contributed by atoms with van der Waals surface area (Å²) in [6, 6.07) is 0. The number of hydrogen-bond donors (Lipinski definition) is 0. The monoisotopic (exact) mass is 812 g/mol. The van der Waals surface area contributed by atoms with Crippen molar-refractivity contribution in [1.82, 2.24) is 0 Å². The molecule has 0 amide bonds. The molecule has 0 saturated heterocycles. The SMILES string of the molecule is O=C([O-])OC1CCC(OC(=O)[O-])CC1.O=C([O-])OC1CCC(OC(=O)[O-])CC1.O=C([O-])OC1CCC(OC(=O)[O-])CC1.[Rh+3].[Rh+3]. The quantitative estimate of drug-likeness (QED) is 0.147. The molecule has 44 heavy (non-hydrogen) atoms. The molecule has 0 heterocycles. The van der Waals surface area contributed by atoms with Crippen LogP contribution in [-0.2, 0) is 67.4 Å². The molecule has 0 aromatic carbocycles. The van der Waals surface area contributed by atoms with E-state index < -0.39 is 73.6 Å². The van der Waals surface area contributed by atoms with Crippen molar-refractivity contribution in [2.45, 2.75) is 114 Å². The van der Waals surface area contributed by atoms with E-state index in [1.165, 1.54) is 0 Å². The molecule has 0 atom stereocenters. The van der Waals surface area contributed by atoms with E-state index in [4.69, 9.17) is 0 Å². The molecular formula is C24H30O18Rh2. The van der Waals surface area contributed by atoms with Gasteiger partial charge in [-0.05, 0) is 77.0 Å². The van der Waals surface area contributed by atoms with Crippen LogP contribution in [0.15, 0.2) is 0 Å². The van der Waals surface area contributed by atoms with Crippen molar-refractivity contribution in [3.63, 3.8) is 0 Å². The van der Waals surface area contributed by atoms with Crippen LogP contribution >= 0.6 is 0 Å². The molecule has 3 saturated carbocycles. The minimum absolute atomic E-state index is 0. The Morgan fingerprint density at radius 1 is 0.295 bits per heavy atom. The van der Waals surface area contributed by atoms with Crippen molar-refractivity contribution in [2.24, 2.45) is 0 Å². The van der Waals surface area contributed by atoms with Gasteiger partial charge in [-0.15, -0.1) is 0 Å². The molecule has 252 valence electrons. The third kappa shape index (κ3) is 21.5. The number of carboxylic acid groups (broad SMARTS) is 6. The van der Waals surface area contributed by atoms with Crippen molar-refractivity contribution in [1.29, 1.82) is 0 Å². The largest absolute Gasteiger partial charge is 3.00 e. The summed E-state index contributed by atoms with van der Waals surface area (Å²) < 4.78 is 26.6. The fourth-order valence-electron chi connectivity index (χ4n) is 4.62. The van der Waals surface area contributed by atoms with E-state index >= 15 is 0 Å². The maximum Gasteiger partial charge on any atom is 3.00 e. The van der Waals surface area contributed by atoms with Gasteiger partial charge in [0, 0.05) is 36.6 Å². The van der Waals surface area contributed by atoms with Gasteiger partial charge in [0.05, 0.1) is 0 Å². The van der Waals surface area contributed by atoms with E-state index in [-0.39, 0.29) is 39.0 Å². The zero-order valence-electron chi connectivity index (χ0n) is 23.0. The van der Waals surface area contributed by atoms with Crippen LogP contribution in [-0.4, -0.2) is 73.6 Å². The molecule has 0 bridgehead atoms. The molecule has 0 N–H and O–H groups in total. The van der Waals surface area contributed by atoms with Gasteiger partial charge in [-0.3, -0.25) is 0 Å². The van der Waals surface area contributed by atoms with Crippen LogP contribution < -0.4 is 30.6 Å². The first kappa shape index (κ1) is 43.0. The van der Waals surface area contributed by atoms with E-state index in [0.717, 1.165) is 0 Å². The second kappa shape index (κ2) is 23.3. The maximum atomic E-state index is 10.1. The van der Waals surface area contributed by atoms with Crippen LogP contribution in [0.25, 0.3) is 0 Å². The summed E-state index contributed by atoms with van der Waals surface area (Å²) in [4.78, 5) is 60.3. The topological polar surface area (TPSA) is 296 Å². The molecular weight excluding hydrogens is 782 g/mol. The molecule has 0 aromatic heterocycles. The fourth-order valence-corrected chi connectivity index (χ4v) is 4.62. The zero-order chi connectivity index (χ0) is 31.7. The first-order valence-corrected chi connectivity index (χ1v) is 13.0. The molecule has 20 heteroatoms. The predicted octanol–water partition coefficient (Wildman–Crippen LogP) is -2.95. The summed E-state index contributed by atoms with van der Waals surface area (Å²) in [5.41, 5.74) is 0. The molecule has 0 unspecified atom stereocenters. The first-order valence-electron chi connectivity index (χ1n) is 13.0. The zero-order valence-corrected chi connectivity index (χ0v) is 26.2. The van der Waals surface area contributed by atoms with Gasteiger partial charge in [0.15, 0.2) is 0 Å². The number of carbonyl (C=O) groups excluding carboxylic acids is 6. The normalized spacial score (nSPS) is 25.4. The average Bonchev–Trinajstić information content (AvgIpc) is 2.87. The van der Waals surface area contributed by atoms with Crippen molar-refractivity contribution >= 4 is 36.9 Å². The van der Waals surface area contributed by atoms with Crippen LogP contribution in [0.5, 0.6) is 0 Å². The Labute approximate surface area is 276 Å². The summed E-state index contributed by atoms with van der Waals surface area (Å²) >= 11 is 0. The van der Waals surface area contributed by atoms with Gasteiger partial charge in [-0.25, -0.2) is 0 Å². The molecule has 0 radical (unpaired) electrons. The summed E-state index contributed by atoms with van der Waals surface area (Å²) in [6.45, 7) is 0. The summed E-state index contributed by atoms with van der Waals surface area (Å²) in [5, 5.41) is 60.3. The number of hydrogen-bond acceptors (Lipinski definition) is 18. The van der Waals surface area contributed by atoms with Crippen molar-refractivity contribution in [3.05, 3.63) is 0 Å². The Hall–Kier alpha value is -3.13. The van der Waals surface area contributed by atoms with E-state index in [1.807, 2.05) is 0 Å². The molecule has 0 aliphatic heterocycles. The van der Waals surface area contributed by atoms with Crippen LogP contribution in [0.4, 0.5) is 28.8 Å². The van der Waals surface area contributed by atoms with Crippen molar-refractivity contribution < 1.29 is 127 Å². The summed E-state index contributed by atoms with van der Waals surface area (Å²) in [6.07, 6.45) is -6.29. The van der Waals surface area contributed by atoms with Crippen molar-refractivity contribution in [3.8, 4) is 0 Å². The molecule has 0 spiro atoms. The second-order valence-corrected chi connectivity index (χ2v) is 9.40. The Balaban J connectivity index is 0. The molecule has 3 rings (SSSR count). The number of ether oxygens (including phenoxy) is 6. The Bertz CT molecular complexity index is 707. The van der Waals surface area contributed by atoms with Crippen LogP contribution in [0.2, 0.25) is 0 Å². The molecule has 3 fully saturated rings. The summed E-state index contributed by atoms with van der Waals surface area (Å²) in [5.74, 6) is 0. The Kier molecular flexibility index (Phi) is 22.7. The third-order valence-corrected chi connectivity index (χ3v) is 6.44. The minimum Gasteiger partial charge on any atom is -0.546 e. The fraction of sp³-hybridized carbons (Fsp3) is 0.750. The van der Waals surface area contributed by atoms with E-state index in [1.54, 1.807) is 0 Å². The van der Waals surface area contributed by atoms with Gasteiger partial charge in [0.2, 0.25) is 0 Å². The van der Waals surface area contributed by atoms with Gasteiger partial charge < -0.3 is 87.8 Å². The molecule has 3 aliphatic rings. The Morgan fingerprint density at radius 2 is 0.386 bits per heavy atom. The van der Waals surface area contributed by atoms with Gasteiger partial charge in [0.1, 0.15) is 0 Å².